The zero-order valence-electron chi connectivity index (χ0n) is 5.82. The van der Waals surface area contributed by atoms with Crippen molar-refractivity contribution in [2.75, 3.05) is 0 Å². The largest absolute Gasteiger partial charge is 1.00 e. The van der Waals surface area contributed by atoms with Gasteiger partial charge in [-0.15, -0.1) is 0 Å². The molecule has 0 N–H and O–H groups in total. The third-order valence-corrected chi connectivity index (χ3v) is 0.612. The molecule has 0 saturated carbocycles. The van der Waals surface area contributed by atoms with E-state index in [0.29, 0.717) is 0 Å². The second-order valence-corrected chi connectivity index (χ2v) is 2.54. The van der Waals surface area contributed by atoms with Gasteiger partial charge in [0.1, 0.15) is 8.05 Å². The molecular weight excluding hydrogens is 126 g/mol. The van der Waals surface area contributed by atoms with Gasteiger partial charge in [-0.2, -0.15) is 0 Å². The summed E-state index contributed by atoms with van der Waals surface area (Å²) in [5.41, 5.74) is -0.290. The Labute approximate surface area is 79.1 Å². The molecule has 0 aliphatic heterocycles. The Kier molecular flexibility index (Phi) is 5.93. The van der Waals surface area contributed by atoms with Crippen LogP contribution in [0.1, 0.15) is 20.8 Å². The van der Waals surface area contributed by atoms with Gasteiger partial charge in [-0.3, -0.25) is 4.79 Å². The zero-order chi connectivity index (χ0) is 6.78. The van der Waals surface area contributed by atoms with Crippen molar-refractivity contribution < 1.29 is 39.0 Å². The SMILES string of the molecule is [BH3-]OC(=O)C(C)(C)C.[Na+]. The molecule has 0 aliphatic rings. The summed E-state index contributed by atoms with van der Waals surface area (Å²) in [4.78, 5) is 10.7. The summed E-state index contributed by atoms with van der Waals surface area (Å²) < 4.78 is 4.73. The second-order valence-electron chi connectivity index (χ2n) is 2.54. The molecular formula is C5H12BNaO2. The smallest absolute Gasteiger partial charge is 0.696 e. The molecule has 0 fully saturated rings. The second kappa shape index (κ2) is 4.37. The Balaban J connectivity index is 0. The van der Waals surface area contributed by atoms with Crippen LogP contribution in [0.3, 0.4) is 0 Å². The van der Waals surface area contributed by atoms with E-state index in [1.807, 2.05) is 20.8 Å². The third kappa shape index (κ3) is 5.00. The maximum Gasteiger partial charge on any atom is 1.00 e. The van der Waals surface area contributed by atoms with E-state index in [2.05, 4.69) is 0 Å². The average Bonchev–Trinajstić information content (AvgIpc) is 1.62. The fourth-order valence-electron chi connectivity index (χ4n) is 0. The van der Waals surface area contributed by atoms with Crippen LogP contribution in [0.2, 0.25) is 0 Å². The van der Waals surface area contributed by atoms with Crippen LogP contribution in [0.15, 0.2) is 0 Å². The molecule has 0 aromatic heterocycles. The topological polar surface area (TPSA) is 26.3 Å². The van der Waals surface area contributed by atoms with Crippen LogP contribution in [0.4, 0.5) is 0 Å². The van der Waals surface area contributed by atoms with E-state index in [-0.39, 0.29) is 49.0 Å². The van der Waals surface area contributed by atoms with Gasteiger partial charge in [-0.25, -0.2) is 0 Å². The summed E-state index contributed by atoms with van der Waals surface area (Å²) in [5, 5.41) is 0. The van der Waals surface area contributed by atoms with E-state index in [1.54, 1.807) is 0 Å². The molecule has 0 aromatic rings. The molecule has 0 atom stereocenters. The van der Waals surface area contributed by atoms with E-state index in [4.69, 9.17) is 4.65 Å². The molecule has 0 bridgehead atoms. The van der Waals surface area contributed by atoms with Gasteiger partial charge < -0.3 is 4.65 Å². The van der Waals surface area contributed by atoms with Gasteiger partial charge in [0.2, 0.25) is 0 Å². The summed E-state index contributed by atoms with van der Waals surface area (Å²) in [7, 11) is -0.210. The molecule has 0 spiro atoms. The quantitative estimate of drug-likeness (QED) is 0.330. The first kappa shape index (κ1) is 12.2. The maximum atomic E-state index is 10.7. The van der Waals surface area contributed by atoms with Crippen LogP contribution in [0, 0.1) is 5.41 Å². The third-order valence-electron chi connectivity index (χ3n) is 0.612. The van der Waals surface area contributed by atoms with E-state index < -0.39 is 0 Å². The molecule has 0 radical (unpaired) electrons. The molecule has 0 aromatic carbocycles. The van der Waals surface area contributed by atoms with E-state index in [9.17, 15) is 4.79 Å². The predicted octanol–water partition coefficient (Wildman–Crippen LogP) is -3.14. The molecule has 9 heavy (non-hydrogen) atoms. The normalized spacial score (nSPS) is 9.78. The van der Waals surface area contributed by atoms with Crippen molar-refractivity contribution in [2.24, 2.45) is 5.41 Å². The van der Waals surface area contributed by atoms with E-state index in [0.717, 1.165) is 0 Å². The van der Waals surface area contributed by atoms with Crippen LogP contribution in [0.25, 0.3) is 0 Å². The Hall–Kier alpha value is 0.535. The molecule has 0 heterocycles. The van der Waals surface area contributed by atoms with Crippen LogP contribution < -0.4 is 29.6 Å². The number of hydrogen-bond acceptors (Lipinski definition) is 2. The van der Waals surface area contributed by atoms with Gasteiger partial charge in [0.25, 0.3) is 5.97 Å². The fraction of sp³-hybridized carbons (Fsp3) is 0.800. The molecule has 0 saturated heterocycles. The molecule has 0 aliphatic carbocycles. The van der Waals surface area contributed by atoms with E-state index in [1.165, 1.54) is 0 Å². The molecule has 48 valence electrons. The molecule has 0 amide bonds. The minimum atomic E-state index is -0.290. The van der Waals surface area contributed by atoms with Gasteiger partial charge in [0.15, 0.2) is 0 Å². The number of rotatable bonds is 0. The molecule has 0 unspecified atom stereocenters. The van der Waals surface area contributed by atoms with Crippen molar-refractivity contribution >= 4 is 14.0 Å². The number of hydrogen-bond donors (Lipinski definition) is 0. The Morgan fingerprint density at radius 3 is 1.78 bits per heavy atom. The van der Waals surface area contributed by atoms with Crippen LogP contribution in [-0.4, -0.2) is 14.0 Å². The zero-order valence-corrected chi connectivity index (χ0v) is 7.82. The first-order valence-electron chi connectivity index (χ1n) is 2.16. The van der Waals surface area contributed by atoms with Crippen molar-refractivity contribution in [1.82, 2.24) is 0 Å². The van der Waals surface area contributed by atoms with Crippen LogP contribution in [-0.2, 0) is 9.45 Å². The summed E-state index contributed by atoms with van der Waals surface area (Å²) >= 11 is 0. The van der Waals surface area contributed by atoms with Crippen molar-refractivity contribution in [3.05, 3.63) is 0 Å². The monoisotopic (exact) mass is 138 g/mol. The van der Waals surface area contributed by atoms with Gasteiger partial charge in [-0.1, -0.05) is 0 Å². The first-order chi connectivity index (χ1) is 3.48. The Morgan fingerprint density at radius 1 is 1.44 bits per heavy atom. The standard InChI is InChI=1S/C5H12BO2.Na/c1-5(2,3)4(7)8-6;/h1-3,6H3;/q-1;+1. The summed E-state index contributed by atoms with van der Waals surface area (Å²) in [5.74, 6) is -0.0579. The fourth-order valence-corrected chi connectivity index (χ4v) is 0. The van der Waals surface area contributed by atoms with Crippen LogP contribution in [0.5, 0.6) is 0 Å². The minimum Gasteiger partial charge on any atom is -0.696 e. The summed E-state index contributed by atoms with van der Waals surface area (Å²) in [6.07, 6.45) is 0. The molecule has 2 nitrogen and oxygen atoms in total. The van der Waals surface area contributed by atoms with Crippen molar-refractivity contribution in [2.45, 2.75) is 20.8 Å². The maximum absolute atomic E-state index is 10.7. The van der Waals surface area contributed by atoms with E-state index >= 15 is 0 Å². The summed E-state index contributed by atoms with van der Waals surface area (Å²) in [6.45, 7) is 5.57. The van der Waals surface area contributed by atoms with Gasteiger partial charge in [0.05, 0.1) is 5.41 Å². The average molecular weight is 138 g/mol. The number of carbonyl (C=O) groups excluding carboxylic acids is 1. The minimum absolute atomic E-state index is 0. The van der Waals surface area contributed by atoms with Gasteiger partial charge >= 0.3 is 29.6 Å². The summed E-state index contributed by atoms with van der Waals surface area (Å²) in [6, 6.07) is 0. The number of carbonyl (C=O) groups is 1. The van der Waals surface area contributed by atoms with Gasteiger partial charge in [-0.05, 0) is 20.8 Å². The van der Waals surface area contributed by atoms with Crippen LogP contribution >= 0.6 is 0 Å². The molecule has 0 rings (SSSR count). The Bertz CT molecular complexity index is 97.6. The van der Waals surface area contributed by atoms with Crippen molar-refractivity contribution in [3.8, 4) is 0 Å². The molecule has 4 heteroatoms. The predicted molar refractivity (Wildman–Crippen MR) is 35.5 cm³/mol. The Morgan fingerprint density at radius 2 is 1.78 bits per heavy atom. The van der Waals surface area contributed by atoms with Crippen molar-refractivity contribution in [3.63, 3.8) is 0 Å². The van der Waals surface area contributed by atoms with Gasteiger partial charge in [0, 0.05) is 0 Å². The first-order valence-corrected chi connectivity index (χ1v) is 2.16. The van der Waals surface area contributed by atoms with Crippen molar-refractivity contribution in [1.29, 1.82) is 0 Å².